The molecule has 1 aromatic carbocycles. The van der Waals surface area contributed by atoms with E-state index in [0.717, 1.165) is 23.7 Å². The second kappa shape index (κ2) is 7.56. The fourth-order valence-corrected chi connectivity index (χ4v) is 2.69. The summed E-state index contributed by atoms with van der Waals surface area (Å²) in [6, 6.07) is 7.34. The van der Waals surface area contributed by atoms with E-state index >= 15 is 0 Å². The Labute approximate surface area is 156 Å². The van der Waals surface area contributed by atoms with Crippen LogP contribution in [0.25, 0.3) is 0 Å². The van der Waals surface area contributed by atoms with Crippen molar-refractivity contribution in [1.82, 2.24) is 0 Å². The van der Waals surface area contributed by atoms with E-state index in [1.54, 1.807) is 53.7 Å². The highest BCUT2D eigenvalue weighted by Crippen LogP contribution is 2.26. The second-order valence-corrected chi connectivity index (χ2v) is 8.51. The topological polar surface area (TPSA) is 59.1 Å². The number of carbonyl (C=O) groups is 2. The van der Waals surface area contributed by atoms with Gasteiger partial charge in [-0.2, -0.15) is 4.90 Å². The molecule has 0 radical (unpaired) electrons. The first-order valence-electron chi connectivity index (χ1n) is 9.07. The fraction of sp³-hybridized carbons (Fsp3) is 0.600. The standard InChI is InChI=1S/C20H30N2O4/c1-19(2,3)25-17(23)22(18(24)26-20(4,5)6)16-11-9-15(10-12-16)21-13-7-8-14-21/h9-12H,7-8,13-14H2,1-6H3. The van der Waals surface area contributed by atoms with Crippen molar-refractivity contribution in [3.8, 4) is 0 Å². The minimum Gasteiger partial charge on any atom is -0.443 e. The predicted molar refractivity (Wildman–Crippen MR) is 103 cm³/mol. The molecule has 1 fully saturated rings. The lowest BCUT2D eigenvalue weighted by Gasteiger charge is -2.29. The van der Waals surface area contributed by atoms with Gasteiger partial charge < -0.3 is 14.4 Å². The lowest BCUT2D eigenvalue weighted by atomic mass is 10.2. The van der Waals surface area contributed by atoms with E-state index in [1.165, 1.54) is 12.8 Å². The smallest absolute Gasteiger partial charge is 0.424 e. The highest BCUT2D eigenvalue weighted by molar-refractivity contribution is 6.09. The molecule has 1 saturated heterocycles. The van der Waals surface area contributed by atoms with Gasteiger partial charge >= 0.3 is 12.2 Å². The Bertz CT molecular complexity index is 607. The highest BCUT2D eigenvalue weighted by Gasteiger charge is 2.32. The summed E-state index contributed by atoms with van der Waals surface area (Å²) < 4.78 is 10.8. The third kappa shape index (κ3) is 5.64. The zero-order valence-corrected chi connectivity index (χ0v) is 16.7. The molecular formula is C20H30N2O4. The molecule has 0 bridgehead atoms. The van der Waals surface area contributed by atoms with Crippen molar-refractivity contribution in [1.29, 1.82) is 0 Å². The van der Waals surface area contributed by atoms with Crippen LogP contribution in [0.2, 0.25) is 0 Å². The van der Waals surface area contributed by atoms with Crippen LogP contribution in [-0.2, 0) is 9.47 Å². The van der Waals surface area contributed by atoms with Gasteiger partial charge in [-0.25, -0.2) is 9.59 Å². The minimum absolute atomic E-state index is 0.427. The Kier molecular flexibility index (Phi) is 5.84. The van der Waals surface area contributed by atoms with Crippen LogP contribution in [0.4, 0.5) is 21.0 Å². The SMILES string of the molecule is CC(C)(C)OC(=O)N(C(=O)OC(C)(C)C)c1ccc(N2CCCC2)cc1. The summed E-state index contributed by atoms with van der Waals surface area (Å²) in [6.45, 7) is 12.6. The van der Waals surface area contributed by atoms with E-state index in [4.69, 9.17) is 9.47 Å². The van der Waals surface area contributed by atoms with E-state index in [2.05, 4.69) is 4.90 Å². The maximum atomic E-state index is 12.6. The molecule has 1 aliphatic rings. The number of ether oxygens (including phenoxy) is 2. The monoisotopic (exact) mass is 362 g/mol. The second-order valence-electron chi connectivity index (χ2n) is 8.51. The van der Waals surface area contributed by atoms with Gasteiger partial charge in [0, 0.05) is 18.8 Å². The average molecular weight is 362 g/mol. The van der Waals surface area contributed by atoms with Crippen molar-refractivity contribution in [2.45, 2.75) is 65.6 Å². The third-order valence-electron chi connectivity index (χ3n) is 3.73. The molecule has 6 heteroatoms. The molecule has 0 aromatic heterocycles. The normalized spacial score (nSPS) is 14.9. The van der Waals surface area contributed by atoms with E-state index in [1.807, 2.05) is 12.1 Å². The Hall–Kier alpha value is -2.24. The van der Waals surface area contributed by atoms with E-state index in [9.17, 15) is 9.59 Å². The minimum atomic E-state index is -0.749. The van der Waals surface area contributed by atoms with Crippen molar-refractivity contribution in [2.75, 3.05) is 22.9 Å². The van der Waals surface area contributed by atoms with E-state index in [0.29, 0.717) is 5.69 Å². The van der Waals surface area contributed by atoms with Crippen LogP contribution in [0.1, 0.15) is 54.4 Å². The molecule has 1 aliphatic heterocycles. The Morgan fingerprint density at radius 1 is 0.846 bits per heavy atom. The number of benzene rings is 1. The summed E-state index contributed by atoms with van der Waals surface area (Å²) in [5, 5.41) is 0. The van der Waals surface area contributed by atoms with Crippen LogP contribution in [-0.4, -0.2) is 36.5 Å². The van der Waals surface area contributed by atoms with Crippen molar-refractivity contribution in [2.24, 2.45) is 0 Å². The molecule has 144 valence electrons. The quantitative estimate of drug-likeness (QED) is 0.744. The predicted octanol–water partition coefficient (Wildman–Crippen LogP) is 4.96. The van der Waals surface area contributed by atoms with Gasteiger partial charge in [0.15, 0.2) is 0 Å². The molecule has 1 aromatic rings. The number of carbonyl (C=O) groups excluding carboxylic acids is 2. The number of rotatable bonds is 2. The van der Waals surface area contributed by atoms with Gasteiger partial charge in [0.1, 0.15) is 11.2 Å². The molecule has 6 nitrogen and oxygen atoms in total. The van der Waals surface area contributed by atoms with Gasteiger partial charge in [0.05, 0.1) is 5.69 Å². The average Bonchev–Trinajstić information content (AvgIpc) is 2.98. The number of amides is 2. The van der Waals surface area contributed by atoms with E-state index < -0.39 is 23.4 Å². The first kappa shape index (κ1) is 20.1. The molecule has 0 atom stereocenters. The van der Waals surface area contributed by atoms with Crippen LogP contribution < -0.4 is 9.80 Å². The lowest BCUT2D eigenvalue weighted by molar-refractivity contribution is 0.0431. The number of nitrogens with zero attached hydrogens (tertiary/aromatic N) is 2. The van der Waals surface area contributed by atoms with Crippen molar-refractivity contribution >= 4 is 23.6 Å². The molecule has 0 saturated carbocycles. The summed E-state index contributed by atoms with van der Waals surface area (Å²) in [5.41, 5.74) is 0.0793. The third-order valence-corrected chi connectivity index (χ3v) is 3.73. The zero-order chi connectivity index (χ0) is 19.5. The van der Waals surface area contributed by atoms with Crippen LogP contribution >= 0.6 is 0 Å². The summed E-state index contributed by atoms with van der Waals surface area (Å²) in [5.74, 6) is 0. The van der Waals surface area contributed by atoms with Gasteiger partial charge in [0.25, 0.3) is 0 Å². The van der Waals surface area contributed by atoms with Crippen LogP contribution in [0.15, 0.2) is 24.3 Å². The molecule has 2 rings (SSSR count). The molecule has 0 aliphatic carbocycles. The maximum Gasteiger partial charge on any atom is 0.424 e. The summed E-state index contributed by atoms with van der Waals surface area (Å²) in [6.07, 6.45) is 0.870. The lowest BCUT2D eigenvalue weighted by Crippen LogP contribution is -2.43. The number of hydrogen-bond acceptors (Lipinski definition) is 5. The summed E-state index contributed by atoms with van der Waals surface area (Å²) >= 11 is 0. The van der Waals surface area contributed by atoms with Gasteiger partial charge in [-0.05, 0) is 78.6 Å². The highest BCUT2D eigenvalue weighted by atomic mass is 16.6. The van der Waals surface area contributed by atoms with Crippen LogP contribution in [0.5, 0.6) is 0 Å². The summed E-state index contributed by atoms with van der Waals surface area (Å²) in [4.78, 5) is 28.5. The number of hydrogen-bond donors (Lipinski definition) is 0. The first-order valence-corrected chi connectivity index (χ1v) is 9.07. The van der Waals surface area contributed by atoms with Crippen molar-refractivity contribution in [3.05, 3.63) is 24.3 Å². The molecule has 0 N–H and O–H groups in total. The van der Waals surface area contributed by atoms with Crippen LogP contribution in [0.3, 0.4) is 0 Å². The molecule has 0 spiro atoms. The van der Waals surface area contributed by atoms with Crippen LogP contribution in [0, 0.1) is 0 Å². The van der Waals surface area contributed by atoms with Gasteiger partial charge in [0.2, 0.25) is 0 Å². The molecule has 26 heavy (non-hydrogen) atoms. The van der Waals surface area contributed by atoms with Crippen molar-refractivity contribution < 1.29 is 19.1 Å². The van der Waals surface area contributed by atoms with E-state index in [-0.39, 0.29) is 0 Å². The Balaban J connectivity index is 2.27. The first-order chi connectivity index (χ1) is 12.0. The molecule has 1 heterocycles. The fourth-order valence-electron chi connectivity index (χ4n) is 2.69. The Morgan fingerprint density at radius 3 is 1.65 bits per heavy atom. The van der Waals surface area contributed by atoms with Gasteiger partial charge in [-0.3, -0.25) is 0 Å². The zero-order valence-electron chi connectivity index (χ0n) is 16.7. The van der Waals surface area contributed by atoms with Gasteiger partial charge in [-0.1, -0.05) is 0 Å². The number of anilines is 2. The maximum absolute atomic E-state index is 12.6. The van der Waals surface area contributed by atoms with Gasteiger partial charge in [-0.15, -0.1) is 0 Å². The molecular weight excluding hydrogens is 332 g/mol. The molecule has 0 unspecified atom stereocenters. The largest absolute Gasteiger partial charge is 0.443 e. The van der Waals surface area contributed by atoms with Crippen molar-refractivity contribution in [3.63, 3.8) is 0 Å². The number of imide groups is 1. The molecule has 2 amide bonds. The summed E-state index contributed by atoms with van der Waals surface area (Å²) in [7, 11) is 0. The Morgan fingerprint density at radius 2 is 1.27 bits per heavy atom.